The Morgan fingerprint density at radius 2 is 2.23 bits per heavy atom. The molecule has 4 rings (SSSR count). The summed E-state index contributed by atoms with van der Waals surface area (Å²) in [6, 6.07) is 5.88. The van der Waals surface area contributed by atoms with E-state index in [9.17, 15) is 0 Å². The Morgan fingerprint density at radius 1 is 1.35 bits per heavy atom. The third-order valence-corrected chi connectivity index (χ3v) is 5.73. The molecule has 0 aliphatic rings. The molecule has 3 N–H and O–H groups in total. The first-order valence-corrected chi connectivity index (χ1v) is 10.3. The van der Waals surface area contributed by atoms with E-state index in [-0.39, 0.29) is 6.04 Å². The topological polar surface area (TPSA) is 77.0 Å². The average Bonchev–Trinajstić information content (AvgIpc) is 3.32. The molecule has 134 valence electrons. The molecule has 0 saturated heterocycles. The lowest BCUT2D eigenvalue weighted by molar-refractivity contribution is 0.527. The molecule has 4 aromatic rings. The first kappa shape index (κ1) is 17.5. The van der Waals surface area contributed by atoms with Crippen molar-refractivity contribution in [3.8, 4) is 10.6 Å². The van der Waals surface area contributed by atoms with Gasteiger partial charge in [0.05, 0.1) is 11.3 Å². The van der Waals surface area contributed by atoms with Gasteiger partial charge in [-0.25, -0.2) is 9.97 Å². The highest BCUT2D eigenvalue weighted by Crippen LogP contribution is 2.39. The fraction of sp³-hybridized carbons (Fsp3) is 0.222. The highest BCUT2D eigenvalue weighted by atomic mass is 35.5. The van der Waals surface area contributed by atoms with Crippen LogP contribution in [0.2, 0.25) is 5.15 Å². The molecule has 0 radical (unpaired) electrons. The van der Waals surface area contributed by atoms with Crippen molar-refractivity contribution in [3.63, 3.8) is 0 Å². The van der Waals surface area contributed by atoms with Gasteiger partial charge in [0.2, 0.25) is 0 Å². The standard InChI is InChI=1S/C18H17ClN4OS2/c1-10(20)7-13-15(18-21-4-6-26-18)16-17(24-13)12(8-14(19)23-16)22-9-11-3-2-5-25-11/h2-6,8,10H,7,9,20H2,1H3,(H,22,23)/t10-/m0/s1. The summed E-state index contributed by atoms with van der Waals surface area (Å²) in [5, 5.41) is 8.68. The lowest BCUT2D eigenvalue weighted by atomic mass is 10.1. The summed E-state index contributed by atoms with van der Waals surface area (Å²) < 4.78 is 6.20. The number of hydrogen-bond donors (Lipinski definition) is 2. The number of halogens is 1. The second-order valence-corrected chi connectivity index (χ2v) is 8.34. The molecule has 0 aliphatic heterocycles. The molecule has 0 bridgehead atoms. The maximum absolute atomic E-state index is 6.30. The Balaban J connectivity index is 1.83. The number of rotatable bonds is 6. The first-order valence-electron chi connectivity index (χ1n) is 8.15. The number of aromatic nitrogens is 2. The number of nitrogens with two attached hydrogens (primary N) is 1. The van der Waals surface area contributed by atoms with Crippen molar-refractivity contribution in [2.24, 2.45) is 5.73 Å². The molecule has 5 nitrogen and oxygen atoms in total. The van der Waals surface area contributed by atoms with Crippen LogP contribution in [0.3, 0.4) is 0 Å². The molecule has 0 amide bonds. The van der Waals surface area contributed by atoms with Crippen LogP contribution in [0.1, 0.15) is 17.6 Å². The van der Waals surface area contributed by atoms with E-state index in [1.165, 1.54) is 4.88 Å². The number of anilines is 1. The highest BCUT2D eigenvalue weighted by Gasteiger charge is 2.23. The molecular formula is C18H17ClN4OS2. The lowest BCUT2D eigenvalue weighted by Gasteiger charge is -2.06. The van der Waals surface area contributed by atoms with Gasteiger partial charge in [0.1, 0.15) is 21.4 Å². The minimum atomic E-state index is -0.0349. The molecule has 0 aromatic carbocycles. The predicted molar refractivity (Wildman–Crippen MR) is 109 cm³/mol. The molecule has 8 heteroatoms. The summed E-state index contributed by atoms with van der Waals surface area (Å²) in [6.45, 7) is 2.65. The summed E-state index contributed by atoms with van der Waals surface area (Å²) in [4.78, 5) is 10.2. The minimum absolute atomic E-state index is 0.0349. The van der Waals surface area contributed by atoms with Crippen molar-refractivity contribution < 1.29 is 4.42 Å². The summed E-state index contributed by atoms with van der Waals surface area (Å²) in [6.07, 6.45) is 2.38. The second kappa shape index (κ2) is 7.36. The van der Waals surface area contributed by atoms with Gasteiger partial charge in [0, 0.05) is 41.5 Å². The van der Waals surface area contributed by atoms with Gasteiger partial charge in [-0.2, -0.15) is 0 Å². The van der Waals surface area contributed by atoms with Crippen LogP contribution in [-0.2, 0) is 13.0 Å². The number of pyridine rings is 1. The number of nitrogens with zero attached hydrogens (tertiary/aromatic N) is 2. The number of thiophene rings is 1. The Hall–Kier alpha value is -1.93. The Kier molecular flexibility index (Phi) is 4.95. The van der Waals surface area contributed by atoms with Crippen molar-refractivity contribution >= 4 is 51.1 Å². The van der Waals surface area contributed by atoms with E-state index in [1.807, 2.05) is 18.4 Å². The molecule has 0 fully saturated rings. The van der Waals surface area contributed by atoms with Crippen LogP contribution in [0.25, 0.3) is 21.7 Å². The summed E-state index contributed by atoms with van der Waals surface area (Å²) in [7, 11) is 0. The monoisotopic (exact) mass is 404 g/mol. The van der Waals surface area contributed by atoms with Crippen molar-refractivity contribution in [1.29, 1.82) is 0 Å². The summed E-state index contributed by atoms with van der Waals surface area (Å²) >= 11 is 9.55. The predicted octanol–water partition coefficient (Wildman–Crippen LogP) is 5.17. The van der Waals surface area contributed by atoms with Gasteiger partial charge in [-0.1, -0.05) is 17.7 Å². The zero-order valence-electron chi connectivity index (χ0n) is 14.0. The quantitative estimate of drug-likeness (QED) is 0.433. The third-order valence-electron chi connectivity index (χ3n) is 3.87. The molecule has 0 aliphatic carbocycles. The Bertz CT molecular complexity index is 1010. The van der Waals surface area contributed by atoms with Crippen LogP contribution in [0.15, 0.2) is 39.6 Å². The number of furan rings is 1. The smallest absolute Gasteiger partial charge is 0.176 e. The van der Waals surface area contributed by atoms with Gasteiger partial charge < -0.3 is 15.5 Å². The average molecular weight is 405 g/mol. The van der Waals surface area contributed by atoms with E-state index >= 15 is 0 Å². The van der Waals surface area contributed by atoms with Crippen LogP contribution in [0.5, 0.6) is 0 Å². The SMILES string of the molecule is C[C@H](N)Cc1oc2c(NCc3cccs3)cc(Cl)nc2c1-c1nccs1. The zero-order chi connectivity index (χ0) is 18.1. The maximum atomic E-state index is 6.30. The summed E-state index contributed by atoms with van der Waals surface area (Å²) in [5.41, 5.74) is 9.13. The molecular weight excluding hydrogens is 388 g/mol. The lowest BCUT2D eigenvalue weighted by Crippen LogP contribution is -2.17. The third kappa shape index (κ3) is 3.48. The van der Waals surface area contributed by atoms with Crippen LogP contribution in [-0.4, -0.2) is 16.0 Å². The van der Waals surface area contributed by atoms with Crippen molar-refractivity contribution in [2.45, 2.75) is 25.9 Å². The largest absolute Gasteiger partial charge is 0.456 e. The van der Waals surface area contributed by atoms with Gasteiger partial charge >= 0.3 is 0 Å². The van der Waals surface area contributed by atoms with Gasteiger partial charge in [-0.05, 0) is 18.4 Å². The van der Waals surface area contributed by atoms with Crippen LogP contribution < -0.4 is 11.1 Å². The molecule has 26 heavy (non-hydrogen) atoms. The van der Waals surface area contributed by atoms with Crippen LogP contribution in [0, 0.1) is 0 Å². The maximum Gasteiger partial charge on any atom is 0.176 e. The van der Waals surface area contributed by atoms with E-state index in [4.69, 9.17) is 21.8 Å². The van der Waals surface area contributed by atoms with Gasteiger partial charge in [0.15, 0.2) is 5.58 Å². The van der Waals surface area contributed by atoms with E-state index < -0.39 is 0 Å². The van der Waals surface area contributed by atoms with Crippen LogP contribution >= 0.6 is 34.3 Å². The zero-order valence-corrected chi connectivity index (χ0v) is 16.4. The Morgan fingerprint density at radius 3 is 2.92 bits per heavy atom. The normalized spacial score (nSPS) is 12.6. The molecule has 4 aromatic heterocycles. The molecule has 0 spiro atoms. The fourth-order valence-electron chi connectivity index (χ4n) is 2.81. The molecule has 0 unspecified atom stereocenters. The summed E-state index contributed by atoms with van der Waals surface area (Å²) in [5.74, 6) is 0.791. The van der Waals surface area contributed by atoms with E-state index in [2.05, 4.69) is 26.7 Å². The number of thiazole rings is 1. The first-order chi connectivity index (χ1) is 12.6. The van der Waals surface area contributed by atoms with E-state index in [0.29, 0.717) is 23.7 Å². The molecule has 1 atom stereocenters. The number of fused-ring (bicyclic) bond motifs is 1. The second-order valence-electron chi connectivity index (χ2n) is 6.02. The molecule has 4 heterocycles. The number of hydrogen-bond acceptors (Lipinski definition) is 7. The van der Waals surface area contributed by atoms with Gasteiger partial charge in [0.25, 0.3) is 0 Å². The van der Waals surface area contributed by atoms with Crippen molar-refractivity contribution in [3.05, 3.63) is 50.9 Å². The van der Waals surface area contributed by atoms with Gasteiger partial charge in [-0.15, -0.1) is 22.7 Å². The Labute approximate surface area is 163 Å². The molecule has 0 saturated carbocycles. The minimum Gasteiger partial charge on any atom is -0.456 e. The van der Waals surface area contributed by atoms with Crippen molar-refractivity contribution in [1.82, 2.24) is 9.97 Å². The van der Waals surface area contributed by atoms with Crippen molar-refractivity contribution in [2.75, 3.05) is 5.32 Å². The van der Waals surface area contributed by atoms with E-state index in [1.54, 1.807) is 34.9 Å². The van der Waals surface area contributed by atoms with E-state index in [0.717, 1.165) is 27.5 Å². The highest BCUT2D eigenvalue weighted by molar-refractivity contribution is 7.13. The number of nitrogens with one attached hydrogen (secondary N) is 1. The van der Waals surface area contributed by atoms with Gasteiger partial charge in [-0.3, -0.25) is 0 Å². The fourth-order valence-corrected chi connectivity index (χ4v) is 4.35. The van der Waals surface area contributed by atoms with Crippen LogP contribution in [0.4, 0.5) is 5.69 Å².